The van der Waals surface area contributed by atoms with E-state index < -0.39 is 0 Å². The highest BCUT2D eigenvalue weighted by molar-refractivity contribution is 7.08. The molecule has 0 saturated heterocycles. The van der Waals surface area contributed by atoms with Crippen molar-refractivity contribution in [2.24, 2.45) is 0 Å². The molecular weight excluding hydrogens is 300 g/mol. The van der Waals surface area contributed by atoms with Crippen LogP contribution in [0.2, 0.25) is 0 Å². The molecule has 0 aliphatic heterocycles. The van der Waals surface area contributed by atoms with Gasteiger partial charge in [-0.3, -0.25) is 4.79 Å². The Kier molecular flexibility index (Phi) is 7.21. The predicted molar refractivity (Wildman–Crippen MR) is 80.1 cm³/mol. The van der Waals surface area contributed by atoms with Crippen LogP contribution in [0.5, 0.6) is 0 Å². The van der Waals surface area contributed by atoms with Crippen molar-refractivity contribution in [3.63, 3.8) is 0 Å². The van der Waals surface area contributed by atoms with E-state index in [9.17, 15) is 4.79 Å². The van der Waals surface area contributed by atoms with Gasteiger partial charge in [0.25, 0.3) is 0 Å². The topological polar surface area (TPSA) is 80.0 Å². The average Bonchev–Trinajstić information content (AvgIpc) is 3.07. The van der Waals surface area contributed by atoms with Crippen molar-refractivity contribution in [2.45, 2.75) is 12.8 Å². The first-order chi connectivity index (χ1) is 9.29. The molecule has 0 aliphatic carbocycles. The standard InChI is InChI=1S/C12H16N4O2S.ClH/c1-13-5-6-14-10(17)2-3-11-15-12(16-18-11)9-4-7-19-8-9;/h4,7-8,13H,2-3,5-6H2,1H3,(H,14,17);1H. The lowest BCUT2D eigenvalue weighted by Gasteiger charge is -2.02. The minimum absolute atomic E-state index is 0. The van der Waals surface area contributed by atoms with Crippen LogP contribution in [0.25, 0.3) is 11.4 Å². The Labute approximate surface area is 127 Å². The van der Waals surface area contributed by atoms with E-state index in [0.29, 0.717) is 31.1 Å². The molecule has 2 heterocycles. The third-order valence-electron chi connectivity index (χ3n) is 2.51. The molecule has 2 aromatic heterocycles. The Bertz CT molecular complexity index is 515. The normalized spacial score (nSPS) is 10.1. The van der Waals surface area contributed by atoms with Gasteiger partial charge in [0.1, 0.15) is 0 Å². The van der Waals surface area contributed by atoms with Crippen LogP contribution in [0, 0.1) is 0 Å². The zero-order valence-corrected chi connectivity index (χ0v) is 12.7. The van der Waals surface area contributed by atoms with E-state index >= 15 is 0 Å². The molecule has 2 N–H and O–H groups in total. The fraction of sp³-hybridized carbons (Fsp3) is 0.417. The molecule has 6 nitrogen and oxygen atoms in total. The summed E-state index contributed by atoms with van der Waals surface area (Å²) in [5.74, 6) is 1.06. The molecule has 1 amide bonds. The van der Waals surface area contributed by atoms with Crippen LogP contribution in [0.3, 0.4) is 0 Å². The maximum atomic E-state index is 11.5. The Morgan fingerprint density at radius 2 is 2.30 bits per heavy atom. The Morgan fingerprint density at radius 1 is 1.45 bits per heavy atom. The Morgan fingerprint density at radius 3 is 3.00 bits per heavy atom. The molecule has 2 aromatic rings. The first kappa shape index (κ1) is 16.6. The molecule has 0 atom stereocenters. The van der Waals surface area contributed by atoms with Crippen molar-refractivity contribution in [3.8, 4) is 11.4 Å². The van der Waals surface area contributed by atoms with Crippen molar-refractivity contribution in [1.82, 2.24) is 20.8 Å². The SMILES string of the molecule is CNCCNC(=O)CCc1nc(-c2ccsc2)no1.Cl. The number of carbonyl (C=O) groups is 1. The lowest BCUT2D eigenvalue weighted by molar-refractivity contribution is -0.121. The maximum absolute atomic E-state index is 11.5. The zero-order chi connectivity index (χ0) is 13.5. The third-order valence-corrected chi connectivity index (χ3v) is 3.19. The predicted octanol–water partition coefficient (Wildman–Crippen LogP) is 1.49. The van der Waals surface area contributed by atoms with Gasteiger partial charge in [0.05, 0.1) is 0 Å². The van der Waals surface area contributed by atoms with Gasteiger partial charge in [0.15, 0.2) is 0 Å². The number of amides is 1. The number of hydrogen-bond donors (Lipinski definition) is 2. The highest BCUT2D eigenvalue weighted by Gasteiger charge is 2.10. The second kappa shape index (κ2) is 8.68. The van der Waals surface area contributed by atoms with Gasteiger partial charge < -0.3 is 15.2 Å². The molecule has 20 heavy (non-hydrogen) atoms. The zero-order valence-electron chi connectivity index (χ0n) is 11.1. The number of rotatable bonds is 7. The molecule has 8 heteroatoms. The molecular formula is C12H17ClN4O2S. The fourth-order valence-corrected chi connectivity index (χ4v) is 2.14. The average molecular weight is 317 g/mol. The van der Waals surface area contributed by atoms with Gasteiger partial charge in [-0.2, -0.15) is 16.3 Å². The summed E-state index contributed by atoms with van der Waals surface area (Å²) in [6.45, 7) is 1.38. The molecule has 0 spiro atoms. The van der Waals surface area contributed by atoms with Gasteiger partial charge in [-0.1, -0.05) is 5.16 Å². The van der Waals surface area contributed by atoms with Crippen LogP contribution < -0.4 is 10.6 Å². The van der Waals surface area contributed by atoms with Crippen molar-refractivity contribution >= 4 is 29.7 Å². The summed E-state index contributed by atoms with van der Waals surface area (Å²) >= 11 is 1.58. The van der Waals surface area contributed by atoms with E-state index in [0.717, 1.165) is 12.1 Å². The second-order valence-electron chi connectivity index (χ2n) is 3.98. The van der Waals surface area contributed by atoms with E-state index in [2.05, 4.69) is 20.8 Å². The minimum atomic E-state index is -0.00877. The highest BCUT2D eigenvalue weighted by Crippen LogP contribution is 2.18. The number of hydrogen-bond acceptors (Lipinski definition) is 6. The lowest BCUT2D eigenvalue weighted by atomic mass is 10.3. The molecule has 0 fully saturated rings. The number of likely N-dealkylation sites (N-methyl/N-ethyl adjacent to an activating group) is 1. The van der Waals surface area contributed by atoms with Crippen molar-refractivity contribution < 1.29 is 9.32 Å². The van der Waals surface area contributed by atoms with E-state index in [1.807, 2.05) is 23.9 Å². The van der Waals surface area contributed by atoms with Gasteiger partial charge >= 0.3 is 0 Å². The first-order valence-electron chi connectivity index (χ1n) is 6.06. The van der Waals surface area contributed by atoms with Crippen LogP contribution in [0.15, 0.2) is 21.3 Å². The molecule has 110 valence electrons. The number of nitrogens with zero attached hydrogens (tertiary/aromatic N) is 2. The molecule has 0 saturated carbocycles. The van der Waals surface area contributed by atoms with E-state index in [-0.39, 0.29) is 18.3 Å². The van der Waals surface area contributed by atoms with Gasteiger partial charge in [0.2, 0.25) is 17.6 Å². The summed E-state index contributed by atoms with van der Waals surface area (Å²) in [5, 5.41) is 13.6. The Hall–Kier alpha value is -1.44. The summed E-state index contributed by atoms with van der Waals surface area (Å²) < 4.78 is 5.12. The summed E-state index contributed by atoms with van der Waals surface area (Å²) in [4.78, 5) is 15.8. The molecule has 0 aromatic carbocycles. The van der Waals surface area contributed by atoms with Gasteiger partial charge in [0, 0.05) is 36.9 Å². The number of thiophene rings is 1. The fourth-order valence-electron chi connectivity index (χ4n) is 1.50. The van der Waals surface area contributed by atoms with Crippen LogP contribution >= 0.6 is 23.7 Å². The van der Waals surface area contributed by atoms with Crippen molar-refractivity contribution in [2.75, 3.05) is 20.1 Å². The van der Waals surface area contributed by atoms with Crippen LogP contribution in [0.1, 0.15) is 12.3 Å². The number of halogens is 1. The summed E-state index contributed by atoms with van der Waals surface area (Å²) in [6.07, 6.45) is 0.817. The van der Waals surface area contributed by atoms with Crippen molar-refractivity contribution in [1.29, 1.82) is 0 Å². The quantitative estimate of drug-likeness (QED) is 0.756. The van der Waals surface area contributed by atoms with E-state index in [1.165, 1.54) is 0 Å². The molecule has 2 rings (SSSR count). The molecule has 0 unspecified atom stereocenters. The van der Waals surface area contributed by atoms with Crippen LogP contribution in [0.4, 0.5) is 0 Å². The lowest BCUT2D eigenvalue weighted by Crippen LogP contribution is -2.30. The monoisotopic (exact) mass is 316 g/mol. The smallest absolute Gasteiger partial charge is 0.227 e. The largest absolute Gasteiger partial charge is 0.355 e. The highest BCUT2D eigenvalue weighted by atomic mass is 35.5. The number of carbonyl (C=O) groups excluding carboxylic acids is 1. The van der Waals surface area contributed by atoms with Gasteiger partial charge in [-0.15, -0.1) is 12.4 Å². The summed E-state index contributed by atoms with van der Waals surface area (Å²) in [6, 6.07) is 1.93. The van der Waals surface area contributed by atoms with E-state index in [1.54, 1.807) is 11.3 Å². The Balaban J connectivity index is 0.00000200. The van der Waals surface area contributed by atoms with Gasteiger partial charge in [-0.05, 0) is 18.5 Å². The van der Waals surface area contributed by atoms with Crippen molar-refractivity contribution in [3.05, 3.63) is 22.7 Å². The van der Waals surface area contributed by atoms with Gasteiger partial charge in [-0.25, -0.2) is 0 Å². The number of aromatic nitrogens is 2. The van der Waals surface area contributed by atoms with Crippen LogP contribution in [-0.2, 0) is 11.2 Å². The summed E-state index contributed by atoms with van der Waals surface area (Å²) in [7, 11) is 1.84. The second-order valence-corrected chi connectivity index (χ2v) is 4.76. The molecule has 0 radical (unpaired) electrons. The summed E-state index contributed by atoms with van der Waals surface area (Å²) in [5.41, 5.74) is 0.943. The van der Waals surface area contributed by atoms with E-state index in [4.69, 9.17) is 4.52 Å². The minimum Gasteiger partial charge on any atom is -0.355 e. The third kappa shape index (κ3) is 4.92. The van der Waals surface area contributed by atoms with Crippen LogP contribution in [-0.4, -0.2) is 36.2 Å². The maximum Gasteiger partial charge on any atom is 0.227 e. The molecule has 0 aliphatic rings. The molecule has 0 bridgehead atoms. The first-order valence-corrected chi connectivity index (χ1v) is 7.00. The number of aryl methyl sites for hydroxylation is 1. The number of nitrogens with one attached hydrogen (secondary N) is 2.